The van der Waals surface area contributed by atoms with Gasteiger partial charge in [-0.25, -0.2) is 0 Å². The topological polar surface area (TPSA) is 534 Å². The van der Waals surface area contributed by atoms with E-state index in [1.54, 1.807) is 48.5 Å². The van der Waals surface area contributed by atoms with Crippen LogP contribution in [0.2, 0.25) is 0 Å². The lowest BCUT2D eigenvalue weighted by atomic mass is 9.81. The largest absolute Gasteiger partial charge is 0.410 e. The monoisotopic (exact) mass is 1310 g/mol. The maximum Gasteiger partial charge on any atom is 0.284 e. The van der Waals surface area contributed by atoms with Crippen LogP contribution >= 0.6 is 0 Å². The Hall–Kier alpha value is -5.56. The van der Waals surface area contributed by atoms with E-state index in [1.807, 2.05) is 12.1 Å². The molecule has 0 amide bonds. The van der Waals surface area contributed by atoms with Gasteiger partial charge in [0.1, 0.15) is 0 Å². The normalized spacial score (nSPS) is 13.6. The molecule has 0 saturated carbocycles. The van der Waals surface area contributed by atoms with Crippen molar-refractivity contribution in [2.45, 2.75) is 95.4 Å². The molecule has 30 nitrogen and oxygen atoms in total. The molecule has 0 fully saturated rings. The van der Waals surface area contributed by atoms with E-state index >= 15 is 0 Å². The van der Waals surface area contributed by atoms with Gasteiger partial charge in [-0.15, -0.1) is 0 Å². The number of aryl methyl sites for hydroxylation is 1. The molecule has 0 saturated heterocycles. The van der Waals surface area contributed by atoms with Crippen LogP contribution in [0, 0.1) is 0 Å². The Kier molecular flexibility index (Phi) is 24.8. The van der Waals surface area contributed by atoms with Gasteiger partial charge in [0.25, 0.3) is 80.9 Å². The standard InChI is InChI=1S/C30H43NO26S8.C14H11NO2/c32-30(29(31-33)19-8-2-1-3-9-19)24-18-20(10-4-14-25(58(34,35)36)59(37,38)39)21(11-5-15-26(60(40,41)42)61(43,44)45)22(12-6-16-27(62(46,47)48)63(49,50)51)23(24)13-7-17-28(64(52,53)54)65(55,56)57;16-14(12-9-5-2-6-10-12)13(15-17)11-7-3-1-4-8-11/h1-3,8-9,18,25-28,33H,4-7,10-17H2,(H,34,35,36)(H,37,38,39)(H,40,41,42)(H,43,44,45)(H,46,47,48)(H,49,50,51)(H,52,53,54)(H,55,56,57);1-10,17H. The molecule has 4 aromatic rings. The van der Waals surface area contributed by atoms with Crippen molar-refractivity contribution in [3.63, 3.8) is 0 Å². The smallest absolute Gasteiger partial charge is 0.284 e. The average molecular weight is 1320 g/mol. The van der Waals surface area contributed by atoms with E-state index in [2.05, 4.69) is 10.3 Å². The number of ketones is 2. The molecular weight excluding hydrogens is 1260 g/mol. The molecule has 4 aromatic carbocycles. The highest BCUT2D eigenvalue weighted by atomic mass is 32.3. The highest BCUT2D eigenvalue weighted by molar-refractivity contribution is 8.05. The van der Waals surface area contributed by atoms with E-state index in [-0.39, 0.29) is 39.3 Å². The second kappa shape index (κ2) is 28.8. The predicted molar refractivity (Wildman–Crippen MR) is 290 cm³/mol. The van der Waals surface area contributed by atoms with Gasteiger partial charge >= 0.3 is 0 Å². The number of rotatable bonds is 30. The van der Waals surface area contributed by atoms with Crippen LogP contribution < -0.4 is 0 Å². The SMILES string of the molecule is O=C(C(=NO)c1ccccc1)c1cc(CCCC(S(=O)(=O)O)S(=O)(=O)O)c(CCCC(S(=O)(=O)O)S(=O)(=O)O)c(CCCC(S(=O)(=O)O)S(=O)(=O)O)c1CCCC(S(=O)(=O)O)S(=O)(=O)O.O=C(C(=NO)c1ccccc1)c1ccccc1. The summed E-state index contributed by atoms with van der Waals surface area (Å²) < 4.78 is 256. The number of nitrogens with zero attached hydrogens (tertiary/aromatic N) is 2. The van der Waals surface area contributed by atoms with Gasteiger partial charge in [-0.2, -0.15) is 67.3 Å². The van der Waals surface area contributed by atoms with Gasteiger partial charge in [-0.05, 0) is 105 Å². The second-order valence-corrected chi connectivity index (χ2v) is 31.6. The Morgan fingerprint density at radius 1 is 0.341 bits per heavy atom. The first-order chi connectivity index (χ1) is 37.6. The molecular formula is C44H54N2O28S8. The van der Waals surface area contributed by atoms with Crippen molar-refractivity contribution >= 4 is 104 Å². The molecule has 456 valence electrons. The molecule has 0 aliphatic heterocycles. The zero-order valence-electron chi connectivity index (χ0n) is 42.0. The van der Waals surface area contributed by atoms with E-state index in [9.17, 15) is 119 Å². The summed E-state index contributed by atoms with van der Waals surface area (Å²) in [6.07, 6.45) is -10.4. The number of hydrogen-bond acceptors (Lipinski definition) is 22. The fourth-order valence-electron chi connectivity index (χ4n) is 8.33. The zero-order valence-corrected chi connectivity index (χ0v) is 48.5. The number of carbonyl (C=O) groups is 2. The molecule has 0 bridgehead atoms. The Balaban J connectivity index is 0.000000873. The van der Waals surface area contributed by atoms with Crippen LogP contribution in [-0.2, 0) is 107 Å². The van der Waals surface area contributed by atoms with Crippen molar-refractivity contribution in [3.05, 3.63) is 142 Å². The third-order valence-corrected chi connectivity index (χ3v) is 24.9. The van der Waals surface area contributed by atoms with E-state index in [1.165, 1.54) is 30.3 Å². The summed E-state index contributed by atoms with van der Waals surface area (Å²) in [6, 6.07) is 25.3. The third-order valence-electron chi connectivity index (χ3n) is 11.9. The van der Waals surface area contributed by atoms with E-state index in [4.69, 9.17) is 5.21 Å². The van der Waals surface area contributed by atoms with Crippen LogP contribution in [0.25, 0.3) is 0 Å². The lowest BCUT2D eigenvalue weighted by molar-refractivity contribution is 0.105. The number of Topliss-reactive ketones (excluding diaryl/α,β-unsaturated/α-hetero) is 2. The van der Waals surface area contributed by atoms with Crippen LogP contribution in [0.3, 0.4) is 0 Å². The number of hydrogen-bond donors (Lipinski definition) is 10. The lowest BCUT2D eigenvalue weighted by Crippen LogP contribution is -2.30. The van der Waals surface area contributed by atoms with Crippen LogP contribution in [0.4, 0.5) is 0 Å². The highest BCUT2D eigenvalue weighted by Gasteiger charge is 2.39. The Morgan fingerprint density at radius 3 is 0.890 bits per heavy atom. The Labute approximate surface area is 472 Å². The Bertz CT molecular complexity index is 3810. The molecule has 0 unspecified atom stereocenters. The number of oxime groups is 2. The fraction of sp³-hybridized carbons (Fsp3) is 0.364. The van der Waals surface area contributed by atoms with Crippen molar-refractivity contribution < 1.29 is 124 Å². The minimum Gasteiger partial charge on any atom is -0.410 e. The molecule has 38 heteroatoms. The molecule has 82 heavy (non-hydrogen) atoms. The van der Waals surface area contributed by atoms with Crippen molar-refractivity contribution in [3.8, 4) is 0 Å². The van der Waals surface area contributed by atoms with E-state index in [0.717, 1.165) is 6.07 Å². The van der Waals surface area contributed by atoms with Crippen molar-refractivity contribution in [2.75, 3.05) is 0 Å². The summed E-state index contributed by atoms with van der Waals surface area (Å²) in [4.78, 5) is 26.5. The molecule has 0 spiro atoms. The maximum absolute atomic E-state index is 14.4. The quantitative estimate of drug-likeness (QED) is 0.0118. The van der Waals surface area contributed by atoms with Gasteiger partial charge in [0.05, 0.1) is 0 Å². The van der Waals surface area contributed by atoms with Crippen molar-refractivity contribution in [1.29, 1.82) is 0 Å². The van der Waals surface area contributed by atoms with E-state index in [0.29, 0.717) is 11.1 Å². The van der Waals surface area contributed by atoms with Crippen LogP contribution in [0.15, 0.2) is 107 Å². The van der Waals surface area contributed by atoms with Gasteiger partial charge < -0.3 is 10.4 Å². The first kappa shape index (κ1) is 70.7. The van der Waals surface area contributed by atoms with Gasteiger partial charge in [0.15, 0.2) is 11.4 Å². The molecule has 4 rings (SSSR count). The van der Waals surface area contributed by atoms with Crippen LogP contribution in [0.1, 0.15) is 105 Å². The van der Waals surface area contributed by atoms with Gasteiger partial charge in [-0.3, -0.25) is 46.0 Å². The molecule has 0 aromatic heterocycles. The molecule has 0 atom stereocenters. The number of carbonyl (C=O) groups excluding carboxylic acids is 2. The fourth-order valence-corrected chi connectivity index (χ4v) is 17.0. The third kappa shape index (κ3) is 20.9. The molecule has 0 heterocycles. The van der Waals surface area contributed by atoms with E-state index < -0.39 is 193 Å². The minimum atomic E-state index is -5.62. The first-order valence-corrected chi connectivity index (χ1v) is 35.2. The van der Waals surface area contributed by atoms with Gasteiger partial charge in [-0.1, -0.05) is 101 Å². The molecule has 0 aliphatic carbocycles. The average Bonchev–Trinajstić information content (AvgIpc) is 3.50. The van der Waals surface area contributed by atoms with Crippen molar-refractivity contribution in [2.24, 2.45) is 10.3 Å². The molecule has 10 N–H and O–H groups in total. The maximum atomic E-state index is 14.4. The second-order valence-electron chi connectivity index (χ2n) is 17.6. The minimum absolute atomic E-state index is 0.0526. The highest BCUT2D eigenvalue weighted by Crippen LogP contribution is 2.33. The summed E-state index contributed by atoms with van der Waals surface area (Å²) in [5, 5.41) is 25.2. The summed E-state index contributed by atoms with van der Waals surface area (Å²) in [5.74, 6) is -1.55. The summed E-state index contributed by atoms with van der Waals surface area (Å²) in [6.45, 7) is 0. The molecule has 0 aliphatic rings. The summed E-state index contributed by atoms with van der Waals surface area (Å²) in [7, 11) is -44.7. The summed E-state index contributed by atoms with van der Waals surface area (Å²) >= 11 is 0. The Morgan fingerprint density at radius 2 is 0.598 bits per heavy atom. The van der Waals surface area contributed by atoms with Crippen molar-refractivity contribution in [1.82, 2.24) is 0 Å². The van der Waals surface area contributed by atoms with Crippen LogP contribution in [-0.4, -0.2) is 155 Å². The summed E-state index contributed by atoms with van der Waals surface area (Å²) in [5.41, 5.74) is -1.49. The lowest BCUT2D eigenvalue weighted by Gasteiger charge is -2.24. The van der Waals surface area contributed by atoms with Gasteiger partial charge in [0, 0.05) is 22.3 Å². The predicted octanol–water partition coefficient (Wildman–Crippen LogP) is 3.19. The van der Waals surface area contributed by atoms with Gasteiger partial charge in [0.2, 0.25) is 29.9 Å². The first-order valence-electron chi connectivity index (χ1n) is 23.1. The molecule has 0 radical (unpaired) electrons. The number of benzene rings is 4. The zero-order chi connectivity index (χ0) is 62.5. The van der Waals surface area contributed by atoms with Crippen LogP contribution in [0.5, 0.6) is 0 Å².